The summed E-state index contributed by atoms with van der Waals surface area (Å²) >= 11 is 0. The van der Waals surface area contributed by atoms with Gasteiger partial charge in [0.1, 0.15) is 12.0 Å². The van der Waals surface area contributed by atoms with Gasteiger partial charge in [-0.25, -0.2) is 0 Å². The predicted octanol–water partition coefficient (Wildman–Crippen LogP) is 1.11. The number of fused-ring (bicyclic) bond motifs is 1. The van der Waals surface area contributed by atoms with Crippen LogP contribution in [0.4, 0.5) is 5.95 Å². The lowest BCUT2D eigenvalue weighted by molar-refractivity contribution is 0.0275. The lowest BCUT2D eigenvalue weighted by Crippen LogP contribution is -2.28. The van der Waals surface area contributed by atoms with Gasteiger partial charge in [-0.3, -0.25) is 5.10 Å². The van der Waals surface area contributed by atoms with Crippen molar-refractivity contribution < 1.29 is 9.84 Å². The summed E-state index contributed by atoms with van der Waals surface area (Å²) in [6.07, 6.45) is 1.55. The van der Waals surface area contributed by atoms with Gasteiger partial charge < -0.3 is 15.6 Å². The zero-order valence-electron chi connectivity index (χ0n) is 11.1. The van der Waals surface area contributed by atoms with Crippen molar-refractivity contribution in [3.8, 4) is 5.88 Å². The molecule has 0 saturated carbocycles. The molecule has 2 aromatic heterocycles. The summed E-state index contributed by atoms with van der Waals surface area (Å²) in [5, 5.41) is 16.7. The van der Waals surface area contributed by atoms with Gasteiger partial charge in [-0.05, 0) is 13.8 Å². The highest BCUT2D eigenvalue weighted by Crippen LogP contribution is 2.21. The molecule has 0 spiro atoms. The molecule has 0 aromatic carbocycles. The first kappa shape index (κ1) is 14.2. The van der Waals surface area contributed by atoms with Crippen LogP contribution >= 0.6 is 0 Å². The fraction of sp³-hybridized carbons (Fsp3) is 0.545. The molecule has 0 saturated heterocycles. The standard InChI is InChI=1S/C9H13N5O2.C2H6/c1-9(2,15)4-16-7-5-3-11-14-6(5)12-8(10)13-7;1-2/h3,15H,4H2,1-2H3,(H3,10,11,12,13,14);1-2H3. The van der Waals surface area contributed by atoms with Gasteiger partial charge in [-0.15, -0.1) is 0 Å². The summed E-state index contributed by atoms with van der Waals surface area (Å²) < 4.78 is 5.38. The molecule has 0 atom stereocenters. The number of rotatable bonds is 3. The van der Waals surface area contributed by atoms with Crippen molar-refractivity contribution in [1.29, 1.82) is 0 Å². The van der Waals surface area contributed by atoms with Crippen LogP contribution in [0.3, 0.4) is 0 Å². The van der Waals surface area contributed by atoms with Crippen molar-refractivity contribution >= 4 is 17.0 Å². The quantitative estimate of drug-likeness (QED) is 0.755. The number of nitrogens with zero attached hydrogens (tertiary/aromatic N) is 3. The fourth-order valence-corrected chi connectivity index (χ4v) is 1.18. The first-order valence-electron chi connectivity index (χ1n) is 5.77. The fourth-order valence-electron chi connectivity index (χ4n) is 1.18. The SMILES string of the molecule is CC.CC(C)(O)COc1nc(N)nc2[nH]ncc12. The molecule has 0 aliphatic heterocycles. The maximum absolute atomic E-state index is 9.55. The van der Waals surface area contributed by atoms with E-state index in [4.69, 9.17) is 10.5 Å². The molecule has 18 heavy (non-hydrogen) atoms. The molecule has 7 nitrogen and oxygen atoms in total. The second kappa shape index (κ2) is 5.63. The highest BCUT2D eigenvalue weighted by molar-refractivity contribution is 5.80. The molecular weight excluding hydrogens is 234 g/mol. The number of anilines is 1. The van der Waals surface area contributed by atoms with E-state index in [1.807, 2.05) is 13.8 Å². The normalized spacial score (nSPS) is 10.9. The molecule has 0 amide bonds. The Kier molecular flexibility index (Phi) is 4.43. The largest absolute Gasteiger partial charge is 0.474 e. The number of H-pyrrole nitrogens is 1. The summed E-state index contributed by atoms with van der Waals surface area (Å²) in [5.41, 5.74) is 5.09. The Balaban J connectivity index is 0.000000771. The summed E-state index contributed by atoms with van der Waals surface area (Å²) in [6.45, 7) is 7.40. The van der Waals surface area contributed by atoms with Gasteiger partial charge in [-0.2, -0.15) is 15.1 Å². The van der Waals surface area contributed by atoms with E-state index in [0.29, 0.717) is 16.9 Å². The average molecular weight is 253 g/mol. The van der Waals surface area contributed by atoms with Gasteiger partial charge in [0.05, 0.1) is 11.8 Å². The number of hydrogen-bond acceptors (Lipinski definition) is 6. The molecule has 2 aromatic rings. The number of aromatic nitrogens is 4. The monoisotopic (exact) mass is 253 g/mol. The minimum atomic E-state index is -0.935. The second-order valence-corrected chi connectivity index (χ2v) is 4.12. The molecule has 2 rings (SSSR count). The number of nitrogen functional groups attached to an aromatic ring is 1. The minimum Gasteiger partial charge on any atom is -0.474 e. The van der Waals surface area contributed by atoms with Gasteiger partial charge in [0, 0.05) is 0 Å². The zero-order chi connectivity index (χ0) is 13.8. The minimum absolute atomic E-state index is 0.0995. The van der Waals surface area contributed by atoms with Crippen LogP contribution in [0.25, 0.3) is 11.0 Å². The maximum Gasteiger partial charge on any atom is 0.229 e. The molecule has 0 aliphatic rings. The van der Waals surface area contributed by atoms with E-state index in [-0.39, 0.29) is 12.6 Å². The number of nitrogens with two attached hydrogens (primary N) is 1. The van der Waals surface area contributed by atoms with Crippen molar-refractivity contribution in [2.45, 2.75) is 33.3 Å². The predicted molar refractivity (Wildman–Crippen MR) is 69.2 cm³/mol. The Morgan fingerprint density at radius 1 is 1.39 bits per heavy atom. The van der Waals surface area contributed by atoms with E-state index >= 15 is 0 Å². The van der Waals surface area contributed by atoms with E-state index in [2.05, 4.69) is 20.2 Å². The zero-order valence-corrected chi connectivity index (χ0v) is 11.1. The highest BCUT2D eigenvalue weighted by atomic mass is 16.5. The number of aliphatic hydroxyl groups is 1. The van der Waals surface area contributed by atoms with E-state index in [1.54, 1.807) is 20.0 Å². The highest BCUT2D eigenvalue weighted by Gasteiger charge is 2.16. The Bertz CT molecular complexity index is 504. The van der Waals surface area contributed by atoms with Crippen molar-refractivity contribution in [3.05, 3.63) is 6.20 Å². The topological polar surface area (TPSA) is 110 Å². The number of nitrogens with one attached hydrogen (secondary N) is 1. The molecule has 100 valence electrons. The maximum atomic E-state index is 9.55. The van der Waals surface area contributed by atoms with Crippen LogP contribution in [-0.4, -0.2) is 37.5 Å². The Labute approximate surface area is 105 Å². The van der Waals surface area contributed by atoms with Gasteiger partial charge in [0.25, 0.3) is 0 Å². The number of aromatic amines is 1. The van der Waals surface area contributed by atoms with Crippen molar-refractivity contribution in [2.75, 3.05) is 12.3 Å². The van der Waals surface area contributed by atoms with Crippen molar-refractivity contribution in [3.63, 3.8) is 0 Å². The number of hydrogen-bond donors (Lipinski definition) is 3. The van der Waals surface area contributed by atoms with Crippen LogP contribution in [0.15, 0.2) is 6.20 Å². The number of ether oxygens (including phenoxy) is 1. The lowest BCUT2D eigenvalue weighted by Gasteiger charge is -2.17. The summed E-state index contributed by atoms with van der Waals surface area (Å²) in [4.78, 5) is 7.90. The van der Waals surface area contributed by atoms with E-state index in [1.165, 1.54) is 0 Å². The Morgan fingerprint density at radius 3 is 2.67 bits per heavy atom. The van der Waals surface area contributed by atoms with E-state index < -0.39 is 5.60 Å². The van der Waals surface area contributed by atoms with Crippen LogP contribution < -0.4 is 10.5 Å². The molecular formula is C11H19N5O2. The molecule has 0 aliphatic carbocycles. The van der Waals surface area contributed by atoms with Crippen molar-refractivity contribution in [1.82, 2.24) is 20.2 Å². The second-order valence-electron chi connectivity index (χ2n) is 4.12. The van der Waals surface area contributed by atoms with E-state index in [0.717, 1.165) is 0 Å². The molecule has 7 heteroatoms. The van der Waals surface area contributed by atoms with Gasteiger partial charge in [0.15, 0.2) is 5.65 Å². The van der Waals surface area contributed by atoms with Gasteiger partial charge in [0.2, 0.25) is 11.8 Å². The summed E-state index contributed by atoms with van der Waals surface area (Å²) in [7, 11) is 0. The third-order valence-electron chi connectivity index (χ3n) is 1.85. The summed E-state index contributed by atoms with van der Waals surface area (Å²) in [6, 6.07) is 0. The molecule has 2 heterocycles. The van der Waals surface area contributed by atoms with Crippen LogP contribution in [0.1, 0.15) is 27.7 Å². The Hall–Kier alpha value is -1.89. The smallest absolute Gasteiger partial charge is 0.229 e. The summed E-state index contributed by atoms with van der Waals surface area (Å²) in [5.74, 6) is 0.417. The third-order valence-corrected chi connectivity index (χ3v) is 1.85. The Morgan fingerprint density at radius 2 is 2.06 bits per heavy atom. The van der Waals surface area contributed by atoms with Crippen LogP contribution in [0, 0.1) is 0 Å². The molecule has 0 bridgehead atoms. The van der Waals surface area contributed by atoms with E-state index in [9.17, 15) is 5.11 Å². The average Bonchev–Trinajstić information content (AvgIpc) is 2.75. The first-order valence-corrected chi connectivity index (χ1v) is 5.77. The third kappa shape index (κ3) is 3.56. The van der Waals surface area contributed by atoms with Crippen LogP contribution in [0.2, 0.25) is 0 Å². The van der Waals surface area contributed by atoms with Gasteiger partial charge in [-0.1, -0.05) is 13.8 Å². The van der Waals surface area contributed by atoms with Crippen LogP contribution in [0.5, 0.6) is 5.88 Å². The molecule has 0 unspecified atom stereocenters. The molecule has 0 fully saturated rings. The van der Waals surface area contributed by atoms with Crippen LogP contribution in [-0.2, 0) is 0 Å². The first-order chi connectivity index (χ1) is 8.46. The molecule has 0 radical (unpaired) electrons. The van der Waals surface area contributed by atoms with Crippen molar-refractivity contribution in [2.24, 2.45) is 0 Å². The molecule has 4 N–H and O–H groups in total. The lowest BCUT2D eigenvalue weighted by atomic mass is 10.2. The van der Waals surface area contributed by atoms with Gasteiger partial charge >= 0.3 is 0 Å².